The zero-order chi connectivity index (χ0) is 19.6. The topological polar surface area (TPSA) is 55.8 Å². The van der Waals surface area contributed by atoms with Crippen molar-refractivity contribution in [1.29, 1.82) is 0 Å². The lowest BCUT2D eigenvalue weighted by atomic mass is 10.2. The Bertz CT molecular complexity index is 744. The van der Waals surface area contributed by atoms with Crippen molar-refractivity contribution in [3.8, 4) is 0 Å². The van der Waals surface area contributed by atoms with Gasteiger partial charge in [0.15, 0.2) is 5.96 Å². The molecule has 28 heavy (non-hydrogen) atoms. The zero-order valence-corrected chi connectivity index (χ0v) is 16.4. The Hall–Kier alpha value is -2.67. The third-order valence-corrected chi connectivity index (χ3v) is 4.90. The van der Waals surface area contributed by atoms with Crippen molar-refractivity contribution >= 4 is 11.6 Å². The quantitative estimate of drug-likeness (QED) is 0.435. The van der Waals surface area contributed by atoms with Gasteiger partial charge in [-0.15, -0.1) is 0 Å². The Morgan fingerprint density at radius 2 is 1.86 bits per heavy atom. The molecule has 0 radical (unpaired) electrons. The molecule has 2 aromatic rings. The molecule has 150 valence electrons. The van der Waals surface area contributed by atoms with Gasteiger partial charge in [0.05, 0.1) is 17.9 Å². The second-order valence-corrected chi connectivity index (χ2v) is 6.81. The number of halogens is 1. The molecule has 0 unspecified atom stereocenters. The number of hydrogen-bond donors (Lipinski definition) is 2. The number of anilines is 1. The van der Waals surface area contributed by atoms with E-state index in [9.17, 15) is 4.39 Å². The number of pyridine rings is 1. The van der Waals surface area contributed by atoms with Gasteiger partial charge in [0.25, 0.3) is 0 Å². The summed E-state index contributed by atoms with van der Waals surface area (Å²) in [6.07, 6.45) is 2.82. The molecule has 0 spiro atoms. The van der Waals surface area contributed by atoms with Gasteiger partial charge in [-0.3, -0.25) is 14.9 Å². The lowest BCUT2D eigenvalue weighted by Gasteiger charge is -2.36. The minimum atomic E-state index is -0.135. The summed E-state index contributed by atoms with van der Waals surface area (Å²) >= 11 is 0. The van der Waals surface area contributed by atoms with E-state index >= 15 is 0 Å². The second-order valence-electron chi connectivity index (χ2n) is 6.81. The molecular weight excluding hydrogens is 355 g/mol. The normalized spacial score (nSPS) is 15.5. The number of nitrogens with zero attached hydrogens (tertiary/aromatic N) is 4. The van der Waals surface area contributed by atoms with Gasteiger partial charge in [0.1, 0.15) is 5.82 Å². The van der Waals surface area contributed by atoms with Crippen LogP contribution in [0.15, 0.2) is 53.7 Å². The summed E-state index contributed by atoms with van der Waals surface area (Å²) in [5.74, 6) is 0.653. The van der Waals surface area contributed by atoms with Crippen LogP contribution in [0.1, 0.15) is 12.1 Å². The van der Waals surface area contributed by atoms with Crippen molar-refractivity contribution in [1.82, 2.24) is 20.5 Å². The summed E-state index contributed by atoms with van der Waals surface area (Å²) in [6, 6.07) is 12.9. The fourth-order valence-corrected chi connectivity index (χ4v) is 3.33. The van der Waals surface area contributed by atoms with Crippen LogP contribution in [0.4, 0.5) is 10.1 Å². The van der Waals surface area contributed by atoms with Crippen LogP contribution in [0, 0.1) is 5.82 Å². The first kappa shape index (κ1) is 20.1. The van der Waals surface area contributed by atoms with Gasteiger partial charge in [0, 0.05) is 46.0 Å². The Kier molecular flexibility index (Phi) is 7.61. The Morgan fingerprint density at radius 1 is 1.07 bits per heavy atom. The largest absolute Gasteiger partial charge is 0.367 e. The maximum absolute atomic E-state index is 13.9. The molecule has 1 aromatic carbocycles. The van der Waals surface area contributed by atoms with Gasteiger partial charge in [-0.1, -0.05) is 18.2 Å². The highest BCUT2D eigenvalue weighted by Gasteiger charge is 2.18. The second kappa shape index (κ2) is 10.6. The van der Waals surface area contributed by atoms with Crippen LogP contribution in [0.25, 0.3) is 0 Å². The van der Waals surface area contributed by atoms with Crippen LogP contribution < -0.4 is 15.5 Å². The van der Waals surface area contributed by atoms with E-state index in [1.54, 1.807) is 19.3 Å². The van der Waals surface area contributed by atoms with Gasteiger partial charge in [-0.05, 0) is 37.2 Å². The van der Waals surface area contributed by atoms with Gasteiger partial charge in [0.2, 0.25) is 0 Å². The number of benzene rings is 1. The molecule has 2 N–H and O–H groups in total. The zero-order valence-electron chi connectivity index (χ0n) is 16.4. The summed E-state index contributed by atoms with van der Waals surface area (Å²) in [5, 5.41) is 6.62. The van der Waals surface area contributed by atoms with Crippen molar-refractivity contribution in [2.75, 3.05) is 51.2 Å². The molecule has 7 heteroatoms. The average Bonchev–Trinajstić information content (AvgIpc) is 2.75. The predicted octanol–water partition coefficient (Wildman–Crippen LogP) is 2.10. The maximum atomic E-state index is 13.9. The molecule has 1 aliphatic heterocycles. The van der Waals surface area contributed by atoms with E-state index in [0.717, 1.165) is 57.3 Å². The Balaban J connectivity index is 1.32. The molecule has 1 aromatic heterocycles. The van der Waals surface area contributed by atoms with Crippen LogP contribution in [0.5, 0.6) is 0 Å². The Morgan fingerprint density at radius 3 is 2.57 bits per heavy atom. The van der Waals surface area contributed by atoms with Crippen LogP contribution in [-0.4, -0.2) is 62.2 Å². The number of aliphatic imine (C=N–C) groups is 1. The standard InChI is InChI=1S/C21H29FN6/c1-23-21(26-17-18-7-4-5-10-24-18)25-11-6-12-27-13-15-28(16-14-27)20-9-3-2-8-19(20)22/h2-5,7-10H,6,11-17H2,1H3,(H2,23,25,26). The number of hydrogen-bond acceptors (Lipinski definition) is 4. The fraction of sp³-hybridized carbons (Fsp3) is 0.429. The van der Waals surface area contributed by atoms with Crippen molar-refractivity contribution in [2.24, 2.45) is 4.99 Å². The molecule has 0 amide bonds. The van der Waals surface area contributed by atoms with Crippen LogP contribution >= 0.6 is 0 Å². The highest BCUT2D eigenvalue weighted by molar-refractivity contribution is 5.79. The highest BCUT2D eigenvalue weighted by Crippen LogP contribution is 2.20. The summed E-state index contributed by atoms with van der Waals surface area (Å²) in [6.45, 7) is 6.18. The van der Waals surface area contributed by atoms with Gasteiger partial charge in [-0.2, -0.15) is 0 Å². The molecule has 1 fully saturated rings. The molecule has 0 aliphatic carbocycles. The van der Waals surface area contributed by atoms with E-state index in [-0.39, 0.29) is 5.82 Å². The van der Waals surface area contributed by atoms with Crippen molar-refractivity contribution in [3.05, 3.63) is 60.2 Å². The molecule has 1 saturated heterocycles. The van der Waals surface area contributed by atoms with E-state index in [1.165, 1.54) is 6.07 Å². The number of rotatable bonds is 7. The fourth-order valence-electron chi connectivity index (χ4n) is 3.33. The predicted molar refractivity (Wildman–Crippen MR) is 112 cm³/mol. The molecule has 6 nitrogen and oxygen atoms in total. The molecule has 3 rings (SSSR count). The molecule has 1 aliphatic rings. The van der Waals surface area contributed by atoms with Gasteiger partial charge < -0.3 is 15.5 Å². The van der Waals surface area contributed by atoms with Gasteiger partial charge >= 0.3 is 0 Å². The number of nitrogens with one attached hydrogen (secondary N) is 2. The lowest BCUT2D eigenvalue weighted by molar-refractivity contribution is 0.254. The molecule has 2 heterocycles. The summed E-state index contributed by atoms with van der Waals surface area (Å²) < 4.78 is 13.9. The van der Waals surface area contributed by atoms with E-state index < -0.39 is 0 Å². The first-order valence-electron chi connectivity index (χ1n) is 9.82. The van der Waals surface area contributed by atoms with Crippen molar-refractivity contribution in [3.63, 3.8) is 0 Å². The van der Waals surface area contributed by atoms with Crippen LogP contribution in [-0.2, 0) is 6.54 Å². The van der Waals surface area contributed by atoms with E-state index in [0.29, 0.717) is 12.2 Å². The van der Waals surface area contributed by atoms with Crippen molar-refractivity contribution < 1.29 is 4.39 Å². The first-order valence-corrected chi connectivity index (χ1v) is 9.82. The third-order valence-electron chi connectivity index (χ3n) is 4.90. The smallest absolute Gasteiger partial charge is 0.191 e. The monoisotopic (exact) mass is 384 g/mol. The SMILES string of the molecule is CN=C(NCCCN1CCN(c2ccccc2F)CC1)NCc1ccccn1. The summed E-state index contributed by atoms with van der Waals surface area (Å²) in [5.41, 5.74) is 1.70. The van der Waals surface area contributed by atoms with E-state index in [4.69, 9.17) is 0 Å². The van der Waals surface area contributed by atoms with E-state index in [1.807, 2.05) is 30.3 Å². The minimum Gasteiger partial charge on any atom is -0.367 e. The van der Waals surface area contributed by atoms with E-state index in [2.05, 4.69) is 30.4 Å². The molecule has 0 atom stereocenters. The maximum Gasteiger partial charge on any atom is 0.191 e. The lowest BCUT2D eigenvalue weighted by Crippen LogP contribution is -2.47. The first-order chi connectivity index (χ1) is 13.8. The Labute approximate surface area is 166 Å². The highest BCUT2D eigenvalue weighted by atomic mass is 19.1. The number of piperazine rings is 1. The molecular formula is C21H29FN6. The van der Waals surface area contributed by atoms with Gasteiger partial charge in [-0.25, -0.2) is 4.39 Å². The number of para-hydroxylation sites is 1. The summed E-state index contributed by atoms with van der Waals surface area (Å²) in [7, 11) is 1.77. The van der Waals surface area contributed by atoms with Crippen LogP contribution in [0.3, 0.4) is 0 Å². The number of guanidine groups is 1. The average molecular weight is 385 g/mol. The molecule has 0 saturated carbocycles. The minimum absolute atomic E-state index is 0.135. The number of aromatic nitrogens is 1. The summed E-state index contributed by atoms with van der Waals surface area (Å²) in [4.78, 5) is 13.1. The van der Waals surface area contributed by atoms with Crippen LogP contribution in [0.2, 0.25) is 0 Å². The van der Waals surface area contributed by atoms with Crippen molar-refractivity contribution in [2.45, 2.75) is 13.0 Å². The third kappa shape index (κ3) is 5.92. The molecule has 0 bridgehead atoms.